The number of methoxy groups -OCH3 is 1. The van der Waals surface area contributed by atoms with E-state index in [1.807, 2.05) is 67.5 Å². The van der Waals surface area contributed by atoms with Crippen molar-refractivity contribution in [3.63, 3.8) is 0 Å². The summed E-state index contributed by atoms with van der Waals surface area (Å²) in [7, 11) is 5.62. The van der Waals surface area contributed by atoms with Crippen molar-refractivity contribution in [2.75, 3.05) is 32.6 Å². The Hall–Kier alpha value is -2.93. The maximum absolute atomic E-state index is 11.9. The van der Waals surface area contributed by atoms with Gasteiger partial charge < -0.3 is 15.0 Å². The normalized spacial score (nSPS) is 9.62. The molecule has 2 aromatic rings. The summed E-state index contributed by atoms with van der Waals surface area (Å²) >= 11 is 0. The van der Waals surface area contributed by atoms with Crippen molar-refractivity contribution >= 4 is 11.6 Å². The lowest BCUT2D eigenvalue weighted by Crippen LogP contribution is -2.25. The Balaban J connectivity index is 1.80. The molecule has 0 saturated heterocycles. The zero-order chi connectivity index (χ0) is 17.4. The number of amides is 1. The van der Waals surface area contributed by atoms with Gasteiger partial charge in [-0.25, -0.2) is 0 Å². The highest BCUT2D eigenvalue weighted by Crippen LogP contribution is 2.12. The van der Waals surface area contributed by atoms with E-state index in [1.54, 1.807) is 7.11 Å². The molecule has 24 heavy (non-hydrogen) atoms. The fourth-order valence-corrected chi connectivity index (χ4v) is 2.12. The van der Waals surface area contributed by atoms with Gasteiger partial charge in [-0.15, -0.1) is 0 Å². The number of anilines is 1. The number of carbonyl (C=O) groups excluding carboxylic acids is 1. The van der Waals surface area contributed by atoms with Crippen LogP contribution in [0.1, 0.15) is 11.1 Å². The fraction of sp³-hybridized carbons (Fsp3) is 0.250. The van der Waals surface area contributed by atoms with E-state index in [0.717, 1.165) is 22.6 Å². The average molecular weight is 322 g/mol. The van der Waals surface area contributed by atoms with Gasteiger partial charge >= 0.3 is 0 Å². The number of nitrogens with zero attached hydrogens (tertiary/aromatic N) is 1. The number of hydrogen-bond donors (Lipinski definition) is 1. The van der Waals surface area contributed by atoms with Crippen LogP contribution in [0.15, 0.2) is 48.5 Å². The summed E-state index contributed by atoms with van der Waals surface area (Å²) in [5, 5.41) is 2.81. The molecule has 0 fully saturated rings. The molecule has 1 N–H and O–H groups in total. The number of ether oxygens (including phenoxy) is 1. The van der Waals surface area contributed by atoms with Crippen molar-refractivity contribution in [1.82, 2.24) is 5.32 Å². The molecule has 2 aromatic carbocycles. The van der Waals surface area contributed by atoms with Gasteiger partial charge in [0.05, 0.1) is 20.1 Å². The second-order valence-electron chi connectivity index (χ2n) is 5.54. The van der Waals surface area contributed by atoms with Crippen molar-refractivity contribution < 1.29 is 9.53 Å². The molecule has 0 radical (unpaired) electrons. The Morgan fingerprint density at radius 3 is 2.33 bits per heavy atom. The predicted molar refractivity (Wildman–Crippen MR) is 97.4 cm³/mol. The number of carbonyl (C=O) groups is 1. The molecule has 0 bridgehead atoms. The van der Waals surface area contributed by atoms with Gasteiger partial charge in [-0.05, 0) is 42.0 Å². The molecule has 2 rings (SSSR count). The third-order valence-corrected chi connectivity index (χ3v) is 3.51. The predicted octanol–water partition coefficient (Wildman–Crippen LogP) is 2.47. The fourth-order valence-electron chi connectivity index (χ4n) is 2.12. The highest BCUT2D eigenvalue weighted by molar-refractivity contribution is 5.78. The van der Waals surface area contributed by atoms with Gasteiger partial charge in [0.25, 0.3) is 0 Å². The van der Waals surface area contributed by atoms with Gasteiger partial charge in [-0.3, -0.25) is 4.79 Å². The molecular formula is C20H22N2O2. The van der Waals surface area contributed by atoms with E-state index in [0.29, 0.717) is 13.0 Å². The van der Waals surface area contributed by atoms with E-state index in [1.165, 1.54) is 0 Å². The topological polar surface area (TPSA) is 41.6 Å². The van der Waals surface area contributed by atoms with Crippen LogP contribution < -0.4 is 15.0 Å². The summed E-state index contributed by atoms with van der Waals surface area (Å²) in [4.78, 5) is 13.9. The van der Waals surface area contributed by atoms with Crippen molar-refractivity contribution in [1.29, 1.82) is 0 Å². The first-order valence-electron chi connectivity index (χ1n) is 7.74. The minimum absolute atomic E-state index is 0.0441. The Kier molecular flexibility index (Phi) is 6.27. The summed E-state index contributed by atoms with van der Waals surface area (Å²) in [6, 6.07) is 15.5. The second kappa shape index (κ2) is 8.64. The van der Waals surface area contributed by atoms with Crippen LogP contribution in [0.2, 0.25) is 0 Å². The summed E-state index contributed by atoms with van der Waals surface area (Å²) in [6.07, 6.45) is 0.337. The van der Waals surface area contributed by atoms with Gasteiger partial charge in [-0.1, -0.05) is 24.0 Å². The van der Waals surface area contributed by atoms with Gasteiger partial charge in [0.2, 0.25) is 5.91 Å². The smallest absolute Gasteiger partial charge is 0.225 e. The largest absolute Gasteiger partial charge is 0.497 e. The monoisotopic (exact) mass is 322 g/mol. The third-order valence-electron chi connectivity index (χ3n) is 3.51. The molecular weight excluding hydrogens is 300 g/mol. The summed E-state index contributed by atoms with van der Waals surface area (Å²) < 4.78 is 5.09. The molecule has 124 valence electrons. The molecule has 0 unspecified atom stereocenters. The lowest BCUT2D eigenvalue weighted by atomic mass is 10.1. The quantitative estimate of drug-likeness (QED) is 0.860. The van der Waals surface area contributed by atoms with Crippen LogP contribution in [0, 0.1) is 11.8 Å². The SMILES string of the molecule is COc1ccc(CC(=O)NCC#Cc2ccc(N(C)C)cc2)cc1. The van der Waals surface area contributed by atoms with Gasteiger partial charge in [0.15, 0.2) is 0 Å². The van der Waals surface area contributed by atoms with E-state index in [-0.39, 0.29) is 5.91 Å². The minimum atomic E-state index is -0.0441. The molecule has 0 saturated carbocycles. The molecule has 0 atom stereocenters. The van der Waals surface area contributed by atoms with Crippen molar-refractivity contribution in [2.24, 2.45) is 0 Å². The second-order valence-corrected chi connectivity index (χ2v) is 5.54. The molecule has 4 heteroatoms. The number of nitrogens with one attached hydrogen (secondary N) is 1. The van der Waals surface area contributed by atoms with E-state index >= 15 is 0 Å². The van der Waals surface area contributed by atoms with E-state index in [2.05, 4.69) is 17.2 Å². The van der Waals surface area contributed by atoms with Crippen LogP contribution in [0.5, 0.6) is 5.75 Å². The molecule has 0 aromatic heterocycles. The summed E-state index contributed by atoms with van der Waals surface area (Å²) in [5.74, 6) is 6.75. The van der Waals surface area contributed by atoms with Gasteiger partial charge in [-0.2, -0.15) is 0 Å². The van der Waals surface area contributed by atoms with Crippen LogP contribution in [0.4, 0.5) is 5.69 Å². The molecule has 1 amide bonds. The Bertz CT molecular complexity index is 723. The first kappa shape index (κ1) is 17.4. The highest BCUT2D eigenvalue weighted by Gasteiger charge is 2.02. The molecule has 4 nitrogen and oxygen atoms in total. The lowest BCUT2D eigenvalue weighted by Gasteiger charge is -2.11. The zero-order valence-corrected chi connectivity index (χ0v) is 14.3. The number of hydrogen-bond acceptors (Lipinski definition) is 3. The van der Waals surface area contributed by atoms with E-state index < -0.39 is 0 Å². The van der Waals surface area contributed by atoms with Crippen LogP contribution >= 0.6 is 0 Å². The van der Waals surface area contributed by atoms with Crippen LogP contribution in [-0.2, 0) is 11.2 Å². The maximum Gasteiger partial charge on any atom is 0.225 e. The lowest BCUT2D eigenvalue weighted by molar-refractivity contribution is -0.120. The number of rotatable bonds is 5. The van der Waals surface area contributed by atoms with Crippen molar-refractivity contribution in [3.05, 3.63) is 59.7 Å². The highest BCUT2D eigenvalue weighted by atomic mass is 16.5. The molecule has 0 aliphatic heterocycles. The molecule has 0 spiro atoms. The van der Waals surface area contributed by atoms with Gasteiger partial charge in [0, 0.05) is 25.3 Å². The first-order valence-corrected chi connectivity index (χ1v) is 7.74. The Morgan fingerprint density at radius 1 is 1.08 bits per heavy atom. The van der Waals surface area contributed by atoms with E-state index in [9.17, 15) is 4.79 Å². The Labute approximate surface area is 143 Å². The zero-order valence-electron chi connectivity index (χ0n) is 14.3. The van der Waals surface area contributed by atoms with Crippen LogP contribution in [0.3, 0.4) is 0 Å². The summed E-state index contributed by atoms with van der Waals surface area (Å²) in [5.41, 5.74) is 3.01. The molecule has 0 aliphatic carbocycles. The Morgan fingerprint density at radius 2 is 1.75 bits per heavy atom. The van der Waals surface area contributed by atoms with Crippen LogP contribution in [0.25, 0.3) is 0 Å². The third kappa shape index (κ3) is 5.36. The molecule has 0 aliphatic rings. The van der Waals surface area contributed by atoms with Crippen LogP contribution in [-0.4, -0.2) is 33.7 Å². The standard InChI is InChI=1S/C20H22N2O2/c1-22(2)18-10-6-16(7-11-18)5-4-14-21-20(23)15-17-8-12-19(24-3)13-9-17/h6-13H,14-15H2,1-3H3,(H,21,23). The number of benzene rings is 2. The van der Waals surface area contributed by atoms with Crippen molar-refractivity contribution in [3.8, 4) is 17.6 Å². The van der Waals surface area contributed by atoms with E-state index in [4.69, 9.17) is 4.74 Å². The molecule has 0 heterocycles. The maximum atomic E-state index is 11.9. The van der Waals surface area contributed by atoms with Crippen molar-refractivity contribution in [2.45, 2.75) is 6.42 Å². The summed E-state index contributed by atoms with van der Waals surface area (Å²) in [6.45, 7) is 0.338. The minimum Gasteiger partial charge on any atom is -0.497 e. The average Bonchev–Trinajstić information content (AvgIpc) is 2.60. The van der Waals surface area contributed by atoms with Gasteiger partial charge in [0.1, 0.15) is 5.75 Å². The first-order chi connectivity index (χ1) is 11.6.